The molecule has 0 atom stereocenters. The van der Waals surface area contributed by atoms with Crippen LogP contribution in [0.15, 0.2) is 194 Å². The maximum Gasteiger partial charge on any atom is 3.00 e. The number of fused-ring (bicyclic) bond motifs is 4. The van der Waals surface area contributed by atoms with Crippen molar-refractivity contribution in [3.8, 4) is 33.9 Å². The third-order valence-electron chi connectivity index (χ3n) is 10.3. The summed E-state index contributed by atoms with van der Waals surface area (Å²) >= 11 is 0. The SMILES string of the molecule is Fc1c[c-]c(N2[CH-]N(c3ccccc3)c3ccccc32)c(F)n1.[Ir+3].[c-]1ccccc1-c1nn(-c2ccccc2)c(-c2ccccc2)c1-n1c2ccccc2c2ccccc21. The number of halogens is 2. The van der Waals surface area contributed by atoms with Crippen molar-refractivity contribution in [1.29, 1.82) is 0 Å². The van der Waals surface area contributed by atoms with Crippen LogP contribution >= 0.6 is 0 Å². The van der Waals surface area contributed by atoms with E-state index in [0.29, 0.717) is 0 Å². The summed E-state index contributed by atoms with van der Waals surface area (Å²) in [5.41, 5.74) is 11.1. The minimum atomic E-state index is -0.897. The normalized spacial score (nSPS) is 11.9. The number of rotatable bonds is 6. The molecule has 11 rings (SSSR count). The van der Waals surface area contributed by atoms with Crippen LogP contribution in [0, 0.1) is 30.7 Å². The van der Waals surface area contributed by atoms with E-state index < -0.39 is 11.9 Å². The molecule has 60 heavy (non-hydrogen) atoms. The molecule has 4 heterocycles. The summed E-state index contributed by atoms with van der Waals surface area (Å²) in [5.74, 6) is -1.79. The van der Waals surface area contributed by atoms with Gasteiger partial charge in [0.1, 0.15) is 5.95 Å². The monoisotopic (exact) mass is 960 g/mol. The molecule has 0 aliphatic carbocycles. The van der Waals surface area contributed by atoms with E-state index in [1.165, 1.54) is 10.8 Å². The maximum absolute atomic E-state index is 14.1. The van der Waals surface area contributed by atoms with Crippen molar-refractivity contribution < 1.29 is 28.9 Å². The minimum absolute atomic E-state index is 0. The van der Waals surface area contributed by atoms with Crippen LogP contribution in [0.1, 0.15) is 0 Å². The van der Waals surface area contributed by atoms with E-state index in [-0.39, 0.29) is 25.8 Å². The van der Waals surface area contributed by atoms with Crippen molar-refractivity contribution in [2.24, 2.45) is 0 Å². The standard InChI is InChI=1S/C33H22N3.C18H11F2N3.Ir/c1-4-14-24(15-5-1)31-33(35-29-22-12-10-20-27(29)28-21-11-13-23-30(28)35)32(25-16-6-2-7-17-25)36(34-31)26-18-8-3-9-19-26;19-17-11-10-16(18(20)21-17)23-12-22(13-6-2-1-3-7-13)14-8-4-5-9-15(14)23;/h1-14,16-23H;1-9,11-12H;/q-1;-2;+3. The first-order valence-corrected chi connectivity index (χ1v) is 19.1. The molecule has 0 N–H and O–H groups in total. The average molecular weight is 960 g/mol. The van der Waals surface area contributed by atoms with Crippen LogP contribution in [0.3, 0.4) is 0 Å². The summed E-state index contributed by atoms with van der Waals surface area (Å²) in [6.45, 7) is 1.74. The maximum atomic E-state index is 14.1. The zero-order chi connectivity index (χ0) is 39.7. The predicted molar refractivity (Wildman–Crippen MR) is 232 cm³/mol. The molecule has 6 nitrogen and oxygen atoms in total. The predicted octanol–water partition coefficient (Wildman–Crippen LogP) is 12.7. The summed E-state index contributed by atoms with van der Waals surface area (Å²) in [4.78, 5) is 6.80. The van der Waals surface area contributed by atoms with E-state index in [1.807, 2.05) is 83.8 Å². The smallest absolute Gasteiger partial charge is 0.490 e. The van der Waals surface area contributed by atoms with Gasteiger partial charge in [-0.25, -0.2) is 9.78 Å². The fourth-order valence-electron chi connectivity index (χ4n) is 7.74. The molecule has 0 radical (unpaired) electrons. The fourth-order valence-corrected chi connectivity index (χ4v) is 7.74. The molecule has 0 saturated heterocycles. The summed E-state index contributed by atoms with van der Waals surface area (Å²) in [7, 11) is 0. The molecule has 3 aromatic heterocycles. The number of hydrogen-bond acceptors (Lipinski definition) is 4. The van der Waals surface area contributed by atoms with Crippen LogP contribution in [0.25, 0.3) is 55.7 Å². The van der Waals surface area contributed by atoms with Gasteiger partial charge in [0, 0.05) is 39.1 Å². The van der Waals surface area contributed by atoms with Crippen LogP contribution in [0.4, 0.5) is 31.5 Å². The Labute approximate surface area is 359 Å². The van der Waals surface area contributed by atoms with E-state index >= 15 is 0 Å². The number of anilines is 4. The number of nitrogens with zero attached hydrogens (tertiary/aromatic N) is 6. The summed E-state index contributed by atoms with van der Waals surface area (Å²) in [6.07, 6.45) is 0. The van der Waals surface area contributed by atoms with Gasteiger partial charge in [-0.05, 0) is 54.2 Å². The van der Waals surface area contributed by atoms with Gasteiger partial charge < -0.3 is 19.4 Å². The molecule has 1 aliphatic rings. The van der Waals surface area contributed by atoms with Gasteiger partial charge in [0.05, 0.1) is 34.0 Å². The van der Waals surface area contributed by atoms with Gasteiger partial charge in [-0.1, -0.05) is 115 Å². The van der Waals surface area contributed by atoms with E-state index in [4.69, 9.17) is 5.10 Å². The summed E-state index contributed by atoms with van der Waals surface area (Å²) in [6, 6.07) is 70.6. The molecule has 0 unspecified atom stereocenters. The first-order valence-electron chi connectivity index (χ1n) is 19.1. The fraction of sp³-hybridized carbons (Fsp3) is 0. The third-order valence-corrected chi connectivity index (χ3v) is 10.3. The van der Waals surface area contributed by atoms with Crippen LogP contribution < -0.4 is 9.80 Å². The number of hydrogen-bond donors (Lipinski definition) is 0. The second kappa shape index (κ2) is 16.6. The Morgan fingerprint density at radius 2 is 1.08 bits per heavy atom. The van der Waals surface area contributed by atoms with Crippen LogP contribution in [0.5, 0.6) is 0 Å². The van der Waals surface area contributed by atoms with Gasteiger partial charge in [0.2, 0.25) is 0 Å². The van der Waals surface area contributed by atoms with Gasteiger partial charge in [0.15, 0.2) is 0 Å². The number of benzene rings is 7. The van der Waals surface area contributed by atoms with Crippen LogP contribution in [-0.2, 0) is 20.1 Å². The largest absolute Gasteiger partial charge is 3.00 e. The van der Waals surface area contributed by atoms with E-state index in [0.717, 1.165) is 68.1 Å². The quantitative estimate of drug-likeness (QED) is 0.123. The van der Waals surface area contributed by atoms with Gasteiger partial charge in [-0.15, -0.1) is 48.6 Å². The second-order valence-corrected chi connectivity index (χ2v) is 13.8. The van der Waals surface area contributed by atoms with Crippen LogP contribution in [0.2, 0.25) is 0 Å². The average Bonchev–Trinajstić information content (AvgIpc) is 3.98. The van der Waals surface area contributed by atoms with Crippen molar-refractivity contribution in [1.82, 2.24) is 19.3 Å². The zero-order valence-electron chi connectivity index (χ0n) is 31.8. The molecule has 0 fully saturated rings. The zero-order valence-corrected chi connectivity index (χ0v) is 34.2. The molecule has 1 aliphatic heterocycles. The molecule has 0 amide bonds. The van der Waals surface area contributed by atoms with Crippen LogP contribution in [-0.4, -0.2) is 19.3 Å². The first kappa shape index (κ1) is 38.3. The van der Waals surface area contributed by atoms with Gasteiger partial charge in [0.25, 0.3) is 0 Å². The second-order valence-electron chi connectivity index (χ2n) is 13.8. The van der Waals surface area contributed by atoms with Crippen molar-refractivity contribution in [3.63, 3.8) is 0 Å². The van der Waals surface area contributed by atoms with Gasteiger partial charge in [-0.2, -0.15) is 6.07 Å². The molecule has 290 valence electrons. The van der Waals surface area contributed by atoms with Crippen molar-refractivity contribution >= 4 is 44.6 Å². The molecular weight excluding hydrogens is 927 g/mol. The molecule has 10 aromatic rings. The summed E-state index contributed by atoms with van der Waals surface area (Å²) in [5, 5.41) is 7.71. The van der Waals surface area contributed by atoms with E-state index in [2.05, 4.69) is 136 Å². The van der Waals surface area contributed by atoms with Crippen molar-refractivity contribution in [2.75, 3.05) is 9.80 Å². The first-order chi connectivity index (χ1) is 29.1. The number of pyridine rings is 1. The topological polar surface area (TPSA) is 42.1 Å². The number of aromatic nitrogens is 4. The molecule has 0 saturated carbocycles. The minimum Gasteiger partial charge on any atom is -0.490 e. The Morgan fingerprint density at radius 1 is 0.533 bits per heavy atom. The van der Waals surface area contributed by atoms with E-state index in [1.54, 1.807) is 11.6 Å². The Hall–Kier alpha value is -7.19. The van der Waals surface area contributed by atoms with Crippen molar-refractivity contribution in [3.05, 3.63) is 225 Å². The molecule has 9 heteroatoms. The molecule has 0 spiro atoms. The van der Waals surface area contributed by atoms with E-state index in [9.17, 15) is 8.78 Å². The van der Waals surface area contributed by atoms with Gasteiger partial charge >= 0.3 is 20.1 Å². The Morgan fingerprint density at radius 3 is 1.70 bits per heavy atom. The Balaban J connectivity index is 0.000000167. The summed E-state index contributed by atoms with van der Waals surface area (Å²) < 4.78 is 31.6. The Kier molecular flexibility index (Phi) is 10.6. The molecule has 0 bridgehead atoms. The molecular formula is C51H33F2IrN6. The Bertz CT molecular complexity index is 3010. The number of para-hydroxylation sites is 6. The third kappa shape index (κ3) is 6.94. The molecule has 7 aromatic carbocycles. The van der Waals surface area contributed by atoms with Gasteiger partial charge in [-0.3, -0.25) is 8.78 Å². The van der Waals surface area contributed by atoms with Crippen molar-refractivity contribution in [2.45, 2.75) is 0 Å².